The largest absolute Gasteiger partial charge is 0.508 e. The number of hydrogen-bond acceptors (Lipinski definition) is 4. The summed E-state index contributed by atoms with van der Waals surface area (Å²) in [6, 6.07) is 5.68. The Kier molecular flexibility index (Phi) is 6.82. The molecule has 4 N–H and O–H groups in total. The molecule has 0 aliphatic rings. The molecule has 0 heterocycles. The van der Waals surface area contributed by atoms with E-state index in [4.69, 9.17) is 5.11 Å². The van der Waals surface area contributed by atoms with Crippen LogP contribution in [0.15, 0.2) is 18.2 Å². The number of aliphatic hydroxyl groups is 1. The predicted molar refractivity (Wildman–Crippen MR) is 84.5 cm³/mol. The van der Waals surface area contributed by atoms with Gasteiger partial charge in [0.15, 0.2) is 0 Å². The summed E-state index contributed by atoms with van der Waals surface area (Å²) < 4.78 is 0. The smallest absolute Gasteiger partial charge is 0.117 e. The third kappa shape index (κ3) is 6.26. The van der Waals surface area contributed by atoms with Crippen molar-refractivity contribution in [3.05, 3.63) is 23.8 Å². The Labute approximate surface area is 122 Å². The molecule has 4 nitrogen and oxygen atoms in total. The second-order valence-corrected chi connectivity index (χ2v) is 6.13. The van der Waals surface area contributed by atoms with Crippen LogP contribution < -0.4 is 10.6 Å². The monoisotopic (exact) mass is 280 g/mol. The van der Waals surface area contributed by atoms with E-state index in [1.54, 1.807) is 6.07 Å². The molecule has 0 saturated carbocycles. The van der Waals surface area contributed by atoms with Crippen molar-refractivity contribution in [3.63, 3.8) is 0 Å². The van der Waals surface area contributed by atoms with Gasteiger partial charge in [-0.15, -0.1) is 0 Å². The Balaban J connectivity index is 2.39. The molecule has 0 amide bonds. The van der Waals surface area contributed by atoms with Crippen LogP contribution in [0.4, 0.5) is 5.69 Å². The van der Waals surface area contributed by atoms with Gasteiger partial charge in [0.2, 0.25) is 0 Å². The molecule has 0 unspecified atom stereocenters. The Bertz CT molecular complexity index is 400. The first-order chi connectivity index (χ1) is 9.43. The molecule has 0 fully saturated rings. The summed E-state index contributed by atoms with van der Waals surface area (Å²) in [5.41, 5.74) is 2.12. The molecule has 0 saturated heterocycles. The van der Waals surface area contributed by atoms with Crippen LogP contribution in [-0.2, 0) is 5.41 Å². The van der Waals surface area contributed by atoms with Crippen molar-refractivity contribution in [2.24, 2.45) is 0 Å². The summed E-state index contributed by atoms with van der Waals surface area (Å²) in [6.45, 7) is 9.29. The summed E-state index contributed by atoms with van der Waals surface area (Å²) >= 11 is 0. The van der Waals surface area contributed by atoms with E-state index < -0.39 is 0 Å². The highest BCUT2D eigenvalue weighted by molar-refractivity contribution is 5.52. The molecule has 0 aromatic heterocycles. The Morgan fingerprint density at radius 2 is 1.70 bits per heavy atom. The molecule has 4 heteroatoms. The number of anilines is 1. The summed E-state index contributed by atoms with van der Waals surface area (Å²) in [4.78, 5) is 0. The molecular weight excluding hydrogens is 252 g/mol. The Morgan fingerprint density at radius 3 is 2.35 bits per heavy atom. The second kappa shape index (κ2) is 8.12. The Morgan fingerprint density at radius 1 is 1.00 bits per heavy atom. The lowest BCUT2D eigenvalue weighted by Gasteiger charge is -2.20. The van der Waals surface area contributed by atoms with Crippen LogP contribution in [0, 0.1) is 0 Å². The first kappa shape index (κ1) is 16.8. The topological polar surface area (TPSA) is 64.5 Å². The highest BCUT2D eigenvalue weighted by Crippen LogP contribution is 2.29. The molecule has 114 valence electrons. The van der Waals surface area contributed by atoms with Crippen LogP contribution >= 0.6 is 0 Å². The fourth-order valence-corrected chi connectivity index (χ4v) is 1.92. The Hall–Kier alpha value is -1.26. The SMILES string of the molecule is CC(C)(C)c1cc(O)cc(NCCCNCCCO)c1. The van der Waals surface area contributed by atoms with Gasteiger partial charge in [-0.25, -0.2) is 0 Å². The van der Waals surface area contributed by atoms with Crippen molar-refractivity contribution in [3.8, 4) is 5.75 Å². The highest BCUT2D eigenvalue weighted by Gasteiger charge is 2.15. The molecule has 0 radical (unpaired) electrons. The van der Waals surface area contributed by atoms with Gasteiger partial charge in [-0.3, -0.25) is 0 Å². The summed E-state index contributed by atoms with van der Waals surface area (Å²) in [5.74, 6) is 0.306. The van der Waals surface area contributed by atoms with Crippen LogP contribution in [0.25, 0.3) is 0 Å². The summed E-state index contributed by atoms with van der Waals surface area (Å²) in [5, 5.41) is 25.0. The van der Waals surface area contributed by atoms with Crippen LogP contribution in [0.1, 0.15) is 39.2 Å². The van der Waals surface area contributed by atoms with Gasteiger partial charge in [-0.1, -0.05) is 20.8 Å². The van der Waals surface area contributed by atoms with Gasteiger partial charge in [-0.2, -0.15) is 0 Å². The number of benzene rings is 1. The van der Waals surface area contributed by atoms with Gasteiger partial charge >= 0.3 is 0 Å². The normalized spacial score (nSPS) is 11.6. The number of aliphatic hydroxyl groups excluding tert-OH is 1. The predicted octanol–water partition coefficient (Wildman–Crippen LogP) is 2.46. The van der Waals surface area contributed by atoms with E-state index in [0.717, 1.165) is 43.7 Å². The molecule has 1 aromatic rings. The van der Waals surface area contributed by atoms with E-state index in [1.165, 1.54) is 0 Å². The number of nitrogens with one attached hydrogen (secondary N) is 2. The van der Waals surface area contributed by atoms with Gasteiger partial charge in [0.05, 0.1) is 0 Å². The summed E-state index contributed by atoms with van der Waals surface area (Å²) in [7, 11) is 0. The molecular formula is C16H28N2O2. The average Bonchev–Trinajstić information content (AvgIpc) is 2.36. The third-order valence-corrected chi connectivity index (χ3v) is 3.15. The fourth-order valence-electron chi connectivity index (χ4n) is 1.92. The van der Waals surface area contributed by atoms with E-state index in [2.05, 4.69) is 37.5 Å². The second-order valence-electron chi connectivity index (χ2n) is 6.13. The zero-order valence-electron chi connectivity index (χ0n) is 12.9. The number of phenolic OH excluding ortho intramolecular Hbond substituents is 1. The van der Waals surface area contributed by atoms with Crippen LogP contribution in [-0.4, -0.2) is 36.5 Å². The lowest BCUT2D eigenvalue weighted by Crippen LogP contribution is -2.20. The number of rotatable bonds is 8. The van der Waals surface area contributed by atoms with Crippen molar-refractivity contribution >= 4 is 5.69 Å². The minimum Gasteiger partial charge on any atom is -0.508 e. The first-order valence-electron chi connectivity index (χ1n) is 7.33. The van der Waals surface area contributed by atoms with E-state index in [1.807, 2.05) is 6.07 Å². The lowest BCUT2D eigenvalue weighted by atomic mass is 9.86. The average molecular weight is 280 g/mol. The van der Waals surface area contributed by atoms with Gasteiger partial charge in [0.25, 0.3) is 0 Å². The summed E-state index contributed by atoms with van der Waals surface area (Å²) in [6.07, 6.45) is 1.81. The minimum atomic E-state index is 0.0288. The van der Waals surface area contributed by atoms with Gasteiger partial charge in [0.1, 0.15) is 5.75 Å². The number of aromatic hydroxyl groups is 1. The number of hydrogen-bond donors (Lipinski definition) is 4. The van der Waals surface area contributed by atoms with E-state index in [-0.39, 0.29) is 12.0 Å². The van der Waals surface area contributed by atoms with Gasteiger partial charge < -0.3 is 20.8 Å². The number of phenols is 1. The molecule has 0 spiro atoms. The van der Waals surface area contributed by atoms with E-state index in [0.29, 0.717) is 5.75 Å². The van der Waals surface area contributed by atoms with Crippen LogP contribution in [0.3, 0.4) is 0 Å². The maximum absolute atomic E-state index is 9.78. The van der Waals surface area contributed by atoms with Crippen molar-refractivity contribution in [2.75, 3.05) is 31.6 Å². The highest BCUT2D eigenvalue weighted by atomic mass is 16.3. The molecule has 1 aromatic carbocycles. The maximum Gasteiger partial charge on any atom is 0.117 e. The van der Waals surface area contributed by atoms with Crippen molar-refractivity contribution in [1.29, 1.82) is 0 Å². The van der Waals surface area contributed by atoms with Crippen LogP contribution in [0.2, 0.25) is 0 Å². The fraction of sp³-hybridized carbons (Fsp3) is 0.625. The van der Waals surface area contributed by atoms with Crippen molar-refractivity contribution in [1.82, 2.24) is 5.32 Å². The quantitative estimate of drug-likeness (QED) is 0.552. The van der Waals surface area contributed by atoms with Crippen molar-refractivity contribution < 1.29 is 10.2 Å². The lowest BCUT2D eigenvalue weighted by molar-refractivity contribution is 0.286. The molecule has 0 aliphatic heterocycles. The zero-order valence-corrected chi connectivity index (χ0v) is 12.9. The zero-order chi connectivity index (χ0) is 15.0. The minimum absolute atomic E-state index is 0.0288. The third-order valence-electron chi connectivity index (χ3n) is 3.15. The van der Waals surface area contributed by atoms with Crippen molar-refractivity contribution in [2.45, 2.75) is 39.0 Å². The molecule has 20 heavy (non-hydrogen) atoms. The van der Waals surface area contributed by atoms with Crippen LogP contribution in [0.5, 0.6) is 5.75 Å². The molecule has 0 aliphatic carbocycles. The van der Waals surface area contributed by atoms with E-state index in [9.17, 15) is 5.11 Å². The standard InChI is InChI=1S/C16H28N2O2/c1-16(2,3)13-10-14(12-15(20)11-13)18-8-4-6-17-7-5-9-19/h10-12,17-20H,4-9H2,1-3H3. The van der Waals surface area contributed by atoms with Gasteiger partial charge in [-0.05, 0) is 49.0 Å². The molecule has 0 atom stereocenters. The van der Waals surface area contributed by atoms with E-state index >= 15 is 0 Å². The maximum atomic E-state index is 9.78. The first-order valence-corrected chi connectivity index (χ1v) is 7.33. The molecule has 1 rings (SSSR count). The van der Waals surface area contributed by atoms with Gasteiger partial charge in [0, 0.05) is 24.9 Å². The molecule has 0 bridgehead atoms.